The molecule has 4 heteroatoms. The first-order valence-electron chi connectivity index (χ1n) is 2.48. The summed E-state index contributed by atoms with van der Waals surface area (Å²) in [6.07, 6.45) is 3.49. The van der Waals surface area contributed by atoms with Gasteiger partial charge >= 0.3 is 0 Å². The van der Waals surface area contributed by atoms with Crippen molar-refractivity contribution in [1.29, 1.82) is 0 Å². The van der Waals surface area contributed by atoms with E-state index in [1.165, 1.54) is 6.39 Å². The van der Waals surface area contributed by atoms with Crippen molar-refractivity contribution in [1.82, 2.24) is 10.3 Å². The van der Waals surface area contributed by atoms with E-state index < -0.39 is 0 Å². The Labute approximate surface area is 51.9 Å². The van der Waals surface area contributed by atoms with Crippen molar-refractivity contribution < 1.29 is 9.21 Å². The largest absolute Gasteiger partial charge is 0.447 e. The van der Waals surface area contributed by atoms with Crippen LogP contribution in [-0.4, -0.2) is 11.4 Å². The van der Waals surface area contributed by atoms with Gasteiger partial charge in [-0.3, -0.25) is 4.79 Å². The maximum atomic E-state index is 9.73. The predicted molar refractivity (Wildman–Crippen MR) is 29.4 cm³/mol. The van der Waals surface area contributed by atoms with Crippen LogP contribution in [0.3, 0.4) is 0 Å². The van der Waals surface area contributed by atoms with E-state index in [-0.39, 0.29) is 0 Å². The Hall–Kier alpha value is -1.32. The fourth-order valence-corrected chi connectivity index (χ4v) is 0.472. The summed E-state index contributed by atoms with van der Waals surface area (Å²) in [6, 6.07) is 0. The molecule has 0 aliphatic rings. The van der Waals surface area contributed by atoms with Crippen molar-refractivity contribution in [2.24, 2.45) is 0 Å². The van der Waals surface area contributed by atoms with Gasteiger partial charge in [0.05, 0.1) is 12.7 Å². The van der Waals surface area contributed by atoms with Gasteiger partial charge in [0.15, 0.2) is 6.39 Å². The average molecular weight is 126 g/mol. The van der Waals surface area contributed by atoms with Gasteiger partial charge in [-0.2, -0.15) is 0 Å². The molecule has 0 aliphatic carbocycles. The molecule has 1 rings (SSSR count). The van der Waals surface area contributed by atoms with Crippen molar-refractivity contribution in [3.05, 3.63) is 18.4 Å². The molecule has 0 bridgehead atoms. The molecule has 0 aromatic carbocycles. The van der Waals surface area contributed by atoms with Crippen LogP contribution in [-0.2, 0) is 11.3 Å². The lowest BCUT2D eigenvalue weighted by Crippen LogP contribution is -2.08. The van der Waals surface area contributed by atoms with E-state index in [0.29, 0.717) is 18.7 Å². The highest BCUT2D eigenvalue weighted by molar-refractivity contribution is 5.45. The molecule has 0 saturated heterocycles. The quantitative estimate of drug-likeness (QED) is 0.576. The number of amides is 1. The van der Waals surface area contributed by atoms with Crippen molar-refractivity contribution in [2.45, 2.75) is 6.54 Å². The molecule has 1 N–H and O–H groups in total. The normalized spacial score (nSPS) is 8.89. The van der Waals surface area contributed by atoms with Crippen LogP contribution in [0.25, 0.3) is 0 Å². The molecule has 4 nitrogen and oxygen atoms in total. The number of carbonyl (C=O) groups excluding carboxylic acids is 1. The third kappa shape index (κ3) is 1.56. The molecule has 0 radical (unpaired) electrons. The van der Waals surface area contributed by atoms with E-state index in [9.17, 15) is 4.79 Å². The van der Waals surface area contributed by atoms with Crippen LogP contribution in [0, 0.1) is 0 Å². The van der Waals surface area contributed by atoms with Gasteiger partial charge in [0, 0.05) is 0 Å². The second kappa shape index (κ2) is 2.86. The highest BCUT2D eigenvalue weighted by Gasteiger charge is 1.91. The van der Waals surface area contributed by atoms with Gasteiger partial charge in [-0.05, 0) is 0 Å². The molecule has 0 unspecified atom stereocenters. The van der Waals surface area contributed by atoms with E-state index >= 15 is 0 Å². The maximum absolute atomic E-state index is 9.73. The van der Waals surface area contributed by atoms with Crippen molar-refractivity contribution >= 4 is 6.41 Å². The number of hydrogen-bond acceptors (Lipinski definition) is 3. The molecule has 1 heterocycles. The summed E-state index contributed by atoms with van der Waals surface area (Å²) in [6.45, 7) is 0.406. The van der Waals surface area contributed by atoms with Gasteiger partial charge in [0.1, 0.15) is 5.76 Å². The Bertz CT molecular complexity index is 171. The third-order valence-corrected chi connectivity index (χ3v) is 0.843. The molecule has 0 fully saturated rings. The highest BCUT2D eigenvalue weighted by atomic mass is 16.3. The van der Waals surface area contributed by atoms with E-state index in [0.717, 1.165) is 0 Å². The van der Waals surface area contributed by atoms with E-state index in [2.05, 4.69) is 10.3 Å². The standard InChI is InChI=1S/C5H6N2O2/c8-3-6-1-5-2-7-4-9-5/h2-4H,1H2,(H,6,8). The number of hydrogen-bond donors (Lipinski definition) is 1. The molecule has 0 atom stereocenters. The van der Waals surface area contributed by atoms with Crippen molar-refractivity contribution in [3.63, 3.8) is 0 Å². The van der Waals surface area contributed by atoms with Crippen LogP contribution in [0.5, 0.6) is 0 Å². The molecule has 9 heavy (non-hydrogen) atoms. The number of oxazole rings is 1. The summed E-state index contributed by atoms with van der Waals surface area (Å²) in [7, 11) is 0. The smallest absolute Gasteiger partial charge is 0.207 e. The molecule has 0 saturated carbocycles. The Kier molecular flexibility index (Phi) is 1.85. The highest BCUT2D eigenvalue weighted by Crippen LogP contribution is 1.92. The molecule has 0 aliphatic heterocycles. The summed E-state index contributed by atoms with van der Waals surface area (Å²) in [5.74, 6) is 0.655. The minimum Gasteiger partial charge on any atom is -0.447 e. The lowest BCUT2D eigenvalue weighted by Gasteiger charge is -1.88. The summed E-state index contributed by atoms with van der Waals surface area (Å²) < 4.78 is 4.80. The van der Waals surface area contributed by atoms with E-state index in [1.807, 2.05) is 0 Å². The molecular formula is C5H6N2O2. The summed E-state index contributed by atoms with van der Waals surface area (Å²) in [4.78, 5) is 13.4. The topological polar surface area (TPSA) is 55.1 Å². The van der Waals surface area contributed by atoms with Crippen molar-refractivity contribution in [2.75, 3.05) is 0 Å². The fourth-order valence-electron chi connectivity index (χ4n) is 0.472. The average Bonchev–Trinajstić information content (AvgIpc) is 2.34. The van der Waals surface area contributed by atoms with Gasteiger partial charge in [-0.25, -0.2) is 4.98 Å². The number of nitrogens with zero attached hydrogens (tertiary/aromatic N) is 1. The second-order valence-electron chi connectivity index (χ2n) is 1.47. The number of nitrogens with one attached hydrogen (secondary N) is 1. The molecular weight excluding hydrogens is 120 g/mol. The van der Waals surface area contributed by atoms with E-state index in [4.69, 9.17) is 4.42 Å². The Balaban J connectivity index is 2.38. The number of carbonyl (C=O) groups is 1. The minimum absolute atomic E-state index is 0.406. The second-order valence-corrected chi connectivity index (χ2v) is 1.47. The number of rotatable bonds is 3. The molecule has 0 spiro atoms. The SMILES string of the molecule is O=CNCc1cnco1. The maximum Gasteiger partial charge on any atom is 0.207 e. The first-order valence-corrected chi connectivity index (χ1v) is 2.48. The summed E-state index contributed by atoms with van der Waals surface area (Å²) in [5.41, 5.74) is 0. The van der Waals surface area contributed by atoms with Crippen LogP contribution < -0.4 is 5.32 Å². The van der Waals surface area contributed by atoms with Crippen LogP contribution in [0.15, 0.2) is 17.0 Å². The molecule has 1 aromatic rings. The zero-order valence-electron chi connectivity index (χ0n) is 4.70. The minimum atomic E-state index is 0.406. The lowest BCUT2D eigenvalue weighted by atomic mass is 10.5. The lowest BCUT2D eigenvalue weighted by molar-refractivity contribution is -0.109. The summed E-state index contributed by atoms with van der Waals surface area (Å²) >= 11 is 0. The van der Waals surface area contributed by atoms with Crippen LogP contribution >= 0.6 is 0 Å². The van der Waals surface area contributed by atoms with E-state index in [1.54, 1.807) is 6.20 Å². The zero-order valence-corrected chi connectivity index (χ0v) is 4.70. The third-order valence-electron chi connectivity index (χ3n) is 0.843. The monoisotopic (exact) mass is 126 g/mol. The van der Waals surface area contributed by atoms with Crippen LogP contribution in [0.4, 0.5) is 0 Å². The Morgan fingerprint density at radius 3 is 3.33 bits per heavy atom. The van der Waals surface area contributed by atoms with Gasteiger partial charge < -0.3 is 9.73 Å². The van der Waals surface area contributed by atoms with Crippen LogP contribution in [0.2, 0.25) is 0 Å². The predicted octanol–water partition coefficient (Wildman–Crippen LogP) is -0.0794. The Morgan fingerprint density at radius 2 is 2.78 bits per heavy atom. The summed E-state index contributed by atoms with van der Waals surface area (Å²) in [5, 5.41) is 2.44. The first kappa shape index (κ1) is 5.81. The zero-order chi connectivity index (χ0) is 6.53. The van der Waals surface area contributed by atoms with Gasteiger partial charge in [0.25, 0.3) is 0 Å². The molecule has 1 amide bonds. The number of aromatic nitrogens is 1. The molecule has 1 aromatic heterocycles. The molecule has 48 valence electrons. The van der Waals surface area contributed by atoms with Gasteiger partial charge in [-0.1, -0.05) is 0 Å². The van der Waals surface area contributed by atoms with Crippen molar-refractivity contribution in [3.8, 4) is 0 Å². The first-order chi connectivity index (χ1) is 4.43. The van der Waals surface area contributed by atoms with Gasteiger partial charge in [0.2, 0.25) is 6.41 Å². The van der Waals surface area contributed by atoms with Gasteiger partial charge in [-0.15, -0.1) is 0 Å². The Morgan fingerprint density at radius 1 is 1.89 bits per heavy atom. The van der Waals surface area contributed by atoms with Crippen LogP contribution in [0.1, 0.15) is 5.76 Å². The fraction of sp³-hybridized carbons (Fsp3) is 0.200.